The topological polar surface area (TPSA) is 59.8 Å². The predicted octanol–water partition coefficient (Wildman–Crippen LogP) is 1.76. The molecule has 18 heavy (non-hydrogen) atoms. The van der Waals surface area contributed by atoms with Crippen LogP contribution in [0.25, 0.3) is 0 Å². The molecular formula is C12H16N4OS. The molecule has 0 fully saturated rings. The van der Waals surface area contributed by atoms with Gasteiger partial charge in [-0.2, -0.15) is 0 Å². The van der Waals surface area contributed by atoms with Crippen LogP contribution in [-0.4, -0.2) is 21.1 Å². The molecule has 0 spiro atoms. The number of hydrogen-bond donors (Lipinski definition) is 1. The minimum absolute atomic E-state index is 0.0570. The summed E-state index contributed by atoms with van der Waals surface area (Å²) in [5.74, 6) is 0.419. The summed E-state index contributed by atoms with van der Waals surface area (Å²) in [5, 5.41) is 6.08. The van der Waals surface area contributed by atoms with E-state index >= 15 is 0 Å². The summed E-state index contributed by atoms with van der Waals surface area (Å²) in [4.78, 5) is 20.2. The number of anilines is 1. The maximum atomic E-state index is 12.0. The molecule has 0 aliphatic rings. The highest BCUT2D eigenvalue weighted by Crippen LogP contribution is 2.04. The van der Waals surface area contributed by atoms with E-state index in [1.54, 1.807) is 34.5 Å². The van der Waals surface area contributed by atoms with E-state index in [-0.39, 0.29) is 5.56 Å². The van der Waals surface area contributed by atoms with Crippen molar-refractivity contribution < 1.29 is 0 Å². The zero-order valence-corrected chi connectivity index (χ0v) is 11.1. The lowest BCUT2D eigenvalue weighted by molar-refractivity contribution is 0.649. The average Bonchev–Trinajstić information content (AvgIpc) is 2.87. The molecule has 5 nitrogen and oxygen atoms in total. The van der Waals surface area contributed by atoms with Gasteiger partial charge in [0.1, 0.15) is 0 Å². The summed E-state index contributed by atoms with van der Waals surface area (Å²) >= 11 is 1.62. The molecule has 0 aliphatic heterocycles. The Balaban J connectivity index is 1.97. The van der Waals surface area contributed by atoms with Crippen LogP contribution in [0.4, 0.5) is 5.82 Å². The molecule has 0 aromatic carbocycles. The van der Waals surface area contributed by atoms with Crippen LogP contribution >= 0.6 is 11.3 Å². The van der Waals surface area contributed by atoms with Crippen LogP contribution in [0.5, 0.6) is 0 Å². The molecule has 2 aromatic rings. The highest BCUT2D eigenvalue weighted by Gasteiger charge is 2.03. The summed E-state index contributed by atoms with van der Waals surface area (Å²) in [5.41, 5.74) is -0.0570. The van der Waals surface area contributed by atoms with Crippen LogP contribution in [0.2, 0.25) is 0 Å². The fourth-order valence-corrected chi connectivity index (χ4v) is 2.27. The first-order chi connectivity index (χ1) is 8.81. The van der Waals surface area contributed by atoms with Gasteiger partial charge in [0.15, 0.2) is 5.82 Å². The van der Waals surface area contributed by atoms with Gasteiger partial charge < -0.3 is 9.88 Å². The van der Waals surface area contributed by atoms with Gasteiger partial charge in [-0.15, -0.1) is 11.3 Å². The Labute approximate surface area is 110 Å². The van der Waals surface area contributed by atoms with E-state index < -0.39 is 0 Å². The minimum atomic E-state index is -0.0570. The fraction of sp³-hybridized carbons (Fsp3) is 0.417. The van der Waals surface area contributed by atoms with Crippen molar-refractivity contribution in [2.24, 2.45) is 0 Å². The molecule has 0 bridgehead atoms. The smallest absolute Gasteiger partial charge is 0.293 e. The first-order valence-corrected chi connectivity index (χ1v) is 6.87. The lowest BCUT2D eigenvalue weighted by Gasteiger charge is -2.07. The second kappa shape index (κ2) is 6.30. The van der Waals surface area contributed by atoms with Crippen molar-refractivity contribution in [2.45, 2.75) is 26.3 Å². The van der Waals surface area contributed by atoms with Crippen LogP contribution < -0.4 is 10.9 Å². The molecule has 2 rings (SSSR count). The van der Waals surface area contributed by atoms with Crippen LogP contribution in [0.15, 0.2) is 28.8 Å². The van der Waals surface area contributed by atoms with Crippen molar-refractivity contribution in [3.63, 3.8) is 0 Å². The molecule has 2 heterocycles. The second-order valence-corrected chi connectivity index (χ2v) is 4.86. The molecule has 0 radical (unpaired) electrons. The Bertz CT molecular complexity index is 535. The Kier molecular flexibility index (Phi) is 4.46. The van der Waals surface area contributed by atoms with Crippen LogP contribution in [-0.2, 0) is 13.0 Å². The molecule has 0 unspecified atom stereocenters. The van der Waals surface area contributed by atoms with Crippen molar-refractivity contribution in [1.29, 1.82) is 0 Å². The Morgan fingerprint density at radius 3 is 3.00 bits per heavy atom. The third kappa shape index (κ3) is 3.16. The van der Waals surface area contributed by atoms with Crippen molar-refractivity contribution >= 4 is 17.2 Å². The molecule has 0 saturated heterocycles. The van der Waals surface area contributed by atoms with Crippen LogP contribution in [0.3, 0.4) is 0 Å². The van der Waals surface area contributed by atoms with Gasteiger partial charge in [-0.1, -0.05) is 6.92 Å². The van der Waals surface area contributed by atoms with Crippen molar-refractivity contribution in [3.05, 3.63) is 39.3 Å². The standard InChI is InChI=1S/C12H16N4OS/c1-2-7-16-8-5-15-11(12(16)17)14-4-3-10-13-6-9-18-10/h5-6,8-9H,2-4,7H2,1H3,(H,14,15). The molecule has 96 valence electrons. The Morgan fingerprint density at radius 2 is 2.28 bits per heavy atom. The lowest BCUT2D eigenvalue weighted by Crippen LogP contribution is -2.25. The predicted molar refractivity (Wildman–Crippen MR) is 73.1 cm³/mol. The molecule has 2 aromatic heterocycles. The van der Waals surface area contributed by atoms with E-state index in [4.69, 9.17) is 0 Å². The molecular weight excluding hydrogens is 248 g/mol. The monoisotopic (exact) mass is 264 g/mol. The quantitative estimate of drug-likeness (QED) is 0.863. The highest BCUT2D eigenvalue weighted by molar-refractivity contribution is 7.09. The van der Waals surface area contributed by atoms with Gasteiger partial charge >= 0.3 is 0 Å². The first-order valence-electron chi connectivity index (χ1n) is 5.99. The van der Waals surface area contributed by atoms with E-state index in [0.29, 0.717) is 12.4 Å². The number of aryl methyl sites for hydroxylation is 1. The largest absolute Gasteiger partial charge is 0.365 e. The van der Waals surface area contributed by atoms with E-state index in [1.807, 2.05) is 12.3 Å². The molecule has 0 amide bonds. The van der Waals surface area contributed by atoms with Gasteiger partial charge in [0.2, 0.25) is 0 Å². The number of rotatable bonds is 6. The van der Waals surface area contributed by atoms with Gasteiger partial charge in [0.25, 0.3) is 5.56 Å². The fourth-order valence-electron chi connectivity index (χ4n) is 1.65. The summed E-state index contributed by atoms with van der Waals surface area (Å²) in [6.45, 7) is 3.44. The van der Waals surface area contributed by atoms with Gasteiger partial charge in [-0.05, 0) is 6.42 Å². The van der Waals surface area contributed by atoms with E-state index in [9.17, 15) is 4.79 Å². The average molecular weight is 264 g/mol. The second-order valence-electron chi connectivity index (χ2n) is 3.88. The number of nitrogens with one attached hydrogen (secondary N) is 1. The third-order valence-corrected chi connectivity index (χ3v) is 3.33. The lowest BCUT2D eigenvalue weighted by atomic mass is 10.4. The van der Waals surface area contributed by atoms with E-state index in [0.717, 1.165) is 24.4 Å². The third-order valence-electron chi connectivity index (χ3n) is 2.49. The molecule has 6 heteroatoms. The summed E-state index contributed by atoms with van der Waals surface area (Å²) < 4.78 is 1.68. The number of hydrogen-bond acceptors (Lipinski definition) is 5. The molecule has 0 aliphatic carbocycles. The number of thiazole rings is 1. The summed E-state index contributed by atoms with van der Waals surface area (Å²) in [6, 6.07) is 0. The maximum Gasteiger partial charge on any atom is 0.293 e. The van der Waals surface area contributed by atoms with Gasteiger partial charge in [0.05, 0.1) is 5.01 Å². The number of nitrogens with zero attached hydrogens (tertiary/aromatic N) is 3. The summed E-state index contributed by atoms with van der Waals surface area (Å²) in [7, 11) is 0. The SMILES string of the molecule is CCCn1ccnc(NCCc2nccs2)c1=O. The van der Waals surface area contributed by atoms with Gasteiger partial charge in [-0.3, -0.25) is 4.79 Å². The first kappa shape index (κ1) is 12.8. The van der Waals surface area contributed by atoms with Crippen molar-refractivity contribution in [1.82, 2.24) is 14.5 Å². The van der Waals surface area contributed by atoms with Gasteiger partial charge in [0, 0.05) is 43.5 Å². The minimum Gasteiger partial charge on any atom is -0.365 e. The maximum absolute atomic E-state index is 12.0. The normalized spacial score (nSPS) is 10.5. The zero-order chi connectivity index (χ0) is 12.8. The highest BCUT2D eigenvalue weighted by atomic mass is 32.1. The Hall–Kier alpha value is -1.69. The zero-order valence-electron chi connectivity index (χ0n) is 10.3. The van der Waals surface area contributed by atoms with Crippen molar-refractivity contribution in [3.8, 4) is 0 Å². The molecule has 0 saturated carbocycles. The van der Waals surface area contributed by atoms with E-state index in [1.165, 1.54) is 0 Å². The van der Waals surface area contributed by atoms with Crippen molar-refractivity contribution in [2.75, 3.05) is 11.9 Å². The van der Waals surface area contributed by atoms with Crippen LogP contribution in [0.1, 0.15) is 18.4 Å². The molecule has 1 N–H and O–H groups in total. The Morgan fingerprint density at radius 1 is 1.39 bits per heavy atom. The van der Waals surface area contributed by atoms with Crippen LogP contribution in [0, 0.1) is 0 Å². The van der Waals surface area contributed by atoms with E-state index in [2.05, 4.69) is 15.3 Å². The summed E-state index contributed by atoms with van der Waals surface area (Å²) in [6.07, 6.45) is 6.90. The molecule has 0 atom stereocenters. The van der Waals surface area contributed by atoms with Gasteiger partial charge in [-0.25, -0.2) is 9.97 Å². The number of aromatic nitrogens is 3.